The molecule has 2 aromatic rings. The Morgan fingerprint density at radius 3 is 2.61 bits per heavy atom. The normalized spacial score (nSPS) is 16.0. The van der Waals surface area contributed by atoms with Gasteiger partial charge in [0.25, 0.3) is 0 Å². The lowest BCUT2D eigenvalue weighted by Crippen LogP contribution is -2.47. The minimum absolute atomic E-state index is 0.190. The number of aliphatic hydroxyl groups excluding tert-OH is 1. The van der Waals surface area contributed by atoms with Gasteiger partial charge in [-0.15, -0.1) is 0 Å². The Labute approximate surface area is 135 Å². The zero-order valence-corrected chi connectivity index (χ0v) is 13.2. The van der Waals surface area contributed by atoms with Gasteiger partial charge in [0.15, 0.2) is 0 Å². The highest BCUT2D eigenvalue weighted by Crippen LogP contribution is 2.28. The molecule has 6 heteroatoms. The standard InChI is InChI=1S/C17H21N3O3/c1-12-10-16(20-6-4-19(5-7-20)8-9-21)14-3-2-13(17(22)23)11-15(14)18-12/h2-3,10-11,21H,4-9H2,1H3,(H,22,23). The fourth-order valence-corrected chi connectivity index (χ4v) is 3.09. The molecule has 0 spiro atoms. The first-order valence-electron chi connectivity index (χ1n) is 7.81. The largest absolute Gasteiger partial charge is 0.478 e. The van der Waals surface area contributed by atoms with Crippen LogP contribution in [0.5, 0.6) is 0 Å². The molecule has 122 valence electrons. The number of β-amino-alcohol motifs (C(OH)–C–C–N with tert-alkyl or cyclic N) is 1. The number of benzene rings is 1. The van der Waals surface area contributed by atoms with Gasteiger partial charge in [0.05, 0.1) is 17.7 Å². The average Bonchev–Trinajstić information content (AvgIpc) is 2.54. The lowest BCUT2D eigenvalue weighted by molar-refractivity contribution is 0.0697. The number of pyridine rings is 1. The van der Waals surface area contributed by atoms with Gasteiger partial charge in [0.1, 0.15) is 0 Å². The first-order chi connectivity index (χ1) is 11.1. The summed E-state index contributed by atoms with van der Waals surface area (Å²) in [5.41, 5.74) is 2.97. The summed E-state index contributed by atoms with van der Waals surface area (Å²) < 4.78 is 0. The number of carboxylic acids is 1. The van der Waals surface area contributed by atoms with Crippen LogP contribution in [0.2, 0.25) is 0 Å². The Bertz CT molecular complexity index is 724. The molecule has 6 nitrogen and oxygen atoms in total. The van der Waals surface area contributed by atoms with Crippen molar-refractivity contribution in [1.82, 2.24) is 9.88 Å². The molecule has 0 aliphatic carbocycles. The predicted octanol–water partition coefficient (Wildman–Crippen LogP) is 1.36. The quantitative estimate of drug-likeness (QED) is 0.887. The van der Waals surface area contributed by atoms with Crippen molar-refractivity contribution in [3.05, 3.63) is 35.5 Å². The minimum Gasteiger partial charge on any atom is -0.478 e. The van der Waals surface area contributed by atoms with Crippen molar-refractivity contribution in [1.29, 1.82) is 0 Å². The van der Waals surface area contributed by atoms with Crippen LogP contribution >= 0.6 is 0 Å². The summed E-state index contributed by atoms with van der Waals surface area (Å²) >= 11 is 0. The topological polar surface area (TPSA) is 76.9 Å². The van der Waals surface area contributed by atoms with E-state index in [1.54, 1.807) is 12.1 Å². The second kappa shape index (κ2) is 6.52. The highest BCUT2D eigenvalue weighted by atomic mass is 16.4. The van der Waals surface area contributed by atoms with Gasteiger partial charge in [-0.05, 0) is 31.2 Å². The Balaban J connectivity index is 1.93. The van der Waals surface area contributed by atoms with E-state index in [1.165, 1.54) is 0 Å². The first-order valence-corrected chi connectivity index (χ1v) is 7.81. The molecule has 23 heavy (non-hydrogen) atoms. The van der Waals surface area contributed by atoms with Crippen molar-refractivity contribution in [2.45, 2.75) is 6.92 Å². The fraction of sp³-hybridized carbons (Fsp3) is 0.412. The molecule has 1 saturated heterocycles. The summed E-state index contributed by atoms with van der Waals surface area (Å²) in [6.07, 6.45) is 0. The van der Waals surface area contributed by atoms with E-state index >= 15 is 0 Å². The summed E-state index contributed by atoms with van der Waals surface area (Å²) in [6.45, 7) is 6.44. The number of hydrogen-bond acceptors (Lipinski definition) is 5. The van der Waals surface area contributed by atoms with Gasteiger partial charge in [-0.3, -0.25) is 9.88 Å². The van der Waals surface area contributed by atoms with Crippen molar-refractivity contribution in [3.63, 3.8) is 0 Å². The highest BCUT2D eigenvalue weighted by Gasteiger charge is 2.19. The van der Waals surface area contributed by atoms with Crippen LogP contribution in [0, 0.1) is 6.92 Å². The molecule has 1 aliphatic heterocycles. The molecule has 1 aromatic heterocycles. The third-order valence-electron chi connectivity index (χ3n) is 4.29. The van der Waals surface area contributed by atoms with Gasteiger partial charge >= 0.3 is 5.97 Å². The van der Waals surface area contributed by atoms with E-state index in [4.69, 9.17) is 10.2 Å². The Morgan fingerprint density at radius 2 is 1.96 bits per heavy atom. The van der Waals surface area contributed by atoms with Gasteiger partial charge in [-0.25, -0.2) is 4.79 Å². The maximum absolute atomic E-state index is 11.1. The third kappa shape index (κ3) is 3.28. The second-order valence-corrected chi connectivity index (χ2v) is 5.87. The number of aromatic nitrogens is 1. The van der Waals surface area contributed by atoms with Gasteiger partial charge in [0, 0.05) is 49.5 Å². The highest BCUT2D eigenvalue weighted by molar-refractivity contribution is 5.97. The molecule has 2 N–H and O–H groups in total. The zero-order chi connectivity index (χ0) is 16.4. The van der Waals surface area contributed by atoms with Gasteiger partial charge in [0.2, 0.25) is 0 Å². The number of rotatable bonds is 4. The van der Waals surface area contributed by atoms with Crippen molar-refractivity contribution in [2.75, 3.05) is 44.2 Å². The van der Waals surface area contributed by atoms with E-state index in [0.717, 1.165) is 48.5 Å². The molecule has 0 saturated carbocycles. The van der Waals surface area contributed by atoms with Crippen LogP contribution in [0.1, 0.15) is 16.1 Å². The monoisotopic (exact) mass is 315 g/mol. The number of piperazine rings is 1. The van der Waals surface area contributed by atoms with Gasteiger partial charge < -0.3 is 15.1 Å². The van der Waals surface area contributed by atoms with E-state index in [1.807, 2.05) is 13.0 Å². The SMILES string of the molecule is Cc1cc(N2CCN(CCO)CC2)c2ccc(C(=O)O)cc2n1. The molecule has 0 atom stereocenters. The molecule has 0 amide bonds. The van der Waals surface area contributed by atoms with E-state index in [-0.39, 0.29) is 12.2 Å². The Morgan fingerprint density at radius 1 is 1.22 bits per heavy atom. The second-order valence-electron chi connectivity index (χ2n) is 5.87. The molecule has 1 aliphatic rings. The predicted molar refractivity (Wildman–Crippen MR) is 89.2 cm³/mol. The van der Waals surface area contributed by atoms with E-state index in [0.29, 0.717) is 6.54 Å². The number of aliphatic hydroxyl groups is 1. The first kappa shape index (κ1) is 15.7. The van der Waals surface area contributed by atoms with Crippen LogP contribution in [-0.2, 0) is 0 Å². The number of aryl methyl sites for hydroxylation is 1. The van der Waals surface area contributed by atoms with Crippen molar-refractivity contribution >= 4 is 22.6 Å². The number of anilines is 1. The van der Waals surface area contributed by atoms with E-state index < -0.39 is 5.97 Å². The number of fused-ring (bicyclic) bond motifs is 1. The minimum atomic E-state index is -0.936. The maximum atomic E-state index is 11.1. The van der Waals surface area contributed by atoms with E-state index in [2.05, 4.69) is 20.9 Å². The van der Waals surface area contributed by atoms with E-state index in [9.17, 15) is 4.79 Å². The lowest BCUT2D eigenvalue weighted by atomic mass is 10.1. The number of nitrogens with zero attached hydrogens (tertiary/aromatic N) is 3. The smallest absolute Gasteiger partial charge is 0.335 e. The van der Waals surface area contributed by atoms with Crippen LogP contribution in [-0.4, -0.2) is 65.4 Å². The van der Waals surface area contributed by atoms with Crippen molar-refractivity contribution in [3.8, 4) is 0 Å². The molecule has 0 unspecified atom stereocenters. The average molecular weight is 315 g/mol. The number of carbonyl (C=O) groups is 1. The molecule has 0 bridgehead atoms. The summed E-state index contributed by atoms with van der Waals surface area (Å²) in [7, 11) is 0. The summed E-state index contributed by atoms with van der Waals surface area (Å²) in [4.78, 5) is 20.2. The molecule has 1 aromatic carbocycles. The fourth-order valence-electron chi connectivity index (χ4n) is 3.09. The Kier molecular flexibility index (Phi) is 4.45. The van der Waals surface area contributed by atoms with Crippen LogP contribution < -0.4 is 4.90 Å². The molecular weight excluding hydrogens is 294 g/mol. The third-order valence-corrected chi connectivity index (χ3v) is 4.29. The van der Waals surface area contributed by atoms with Gasteiger partial charge in [-0.2, -0.15) is 0 Å². The van der Waals surface area contributed by atoms with Crippen LogP contribution in [0.3, 0.4) is 0 Å². The molecule has 3 rings (SSSR count). The molecular formula is C17H21N3O3. The summed E-state index contributed by atoms with van der Waals surface area (Å²) in [6, 6.07) is 7.18. The maximum Gasteiger partial charge on any atom is 0.335 e. The zero-order valence-electron chi connectivity index (χ0n) is 13.2. The van der Waals surface area contributed by atoms with Gasteiger partial charge in [-0.1, -0.05) is 0 Å². The van der Waals surface area contributed by atoms with Crippen LogP contribution in [0.25, 0.3) is 10.9 Å². The number of carboxylic acid groups (broad SMARTS) is 1. The van der Waals surface area contributed by atoms with Crippen molar-refractivity contribution in [2.24, 2.45) is 0 Å². The molecule has 0 radical (unpaired) electrons. The van der Waals surface area contributed by atoms with Crippen LogP contribution in [0.4, 0.5) is 5.69 Å². The van der Waals surface area contributed by atoms with Crippen molar-refractivity contribution < 1.29 is 15.0 Å². The molecule has 2 heterocycles. The lowest BCUT2D eigenvalue weighted by Gasteiger charge is -2.36. The van der Waals surface area contributed by atoms with Crippen LogP contribution in [0.15, 0.2) is 24.3 Å². The molecule has 1 fully saturated rings. The number of hydrogen-bond donors (Lipinski definition) is 2. The Hall–Kier alpha value is -2.18. The summed E-state index contributed by atoms with van der Waals surface area (Å²) in [5.74, 6) is -0.936. The summed E-state index contributed by atoms with van der Waals surface area (Å²) in [5, 5.41) is 19.2. The number of aromatic carboxylic acids is 1.